The Morgan fingerprint density at radius 2 is 2.56 bits per heavy atom. The average Bonchev–Trinajstić information content (AvgIpc) is 2.33. The van der Waals surface area contributed by atoms with E-state index in [-0.39, 0.29) is 0 Å². The van der Waals surface area contributed by atoms with Crippen LogP contribution in [0.2, 0.25) is 0 Å². The van der Waals surface area contributed by atoms with E-state index >= 15 is 0 Å². The third-order valence-corrected chi connectivity index (χ3v) is 2.27. The van der Waals surface area contributed by atoms with Crippen LogP contribution in [0.15, 0.2) is 21.6 Å². The van der Waals surface area contributed by atoms with Crippen molar-refractivity contribution >= 4 is 22.5 Å². The zero-order valence-electron chi connectivity index (χ0n) is 5.13. The summed E-state index contributed by atoms with van der Waals surface area (Å²) in [6.45, 7) is 2.06. The number of thiol groups is 1. The highest BCUT2D eigenvalue weighted by Crippen LogP contribution is 2.26. The van der Waals surface area contributed by atoms with Gasteiger partial charge in [0, 0.05) is 6.42 Å². The summed E-state index contributed by atoms with van der Waals surface area (Å²) in [5.41, 5.74) is 0. The molecular formula is C6H8OS2. The molecule has 0 atom stereocenters. The molecule has 0 fully saturated rings. The van der Waals surface area contributed by atoms with Crippen molar-refractivity contribution in [3.63, 3.8) is 0 Å². The summed E-state index contributed by atoms with van der Waals surface area (Å²) in [5, 5.41) is 0. The first-order valence-corrected chi connectivity index (χ1v) is 4.63. The van der Waals surface area contributed by atoms with E-state index < -0.39 is 0 Å². The van der Waals surface area contributed by atoms with Crippen molar-refractivity contribution in [3.05, 3.63) is 18.1 Å². The lowest BCUT2D eigenvalue weighted by molar-refractivity contribution is 0.508. The molecule has 0 amide bonds. The molecule has 0 saturated heterocycles. The molecule has 0 aliphatic carbocycles. The van der Waals surface area contributed by atoms with Crippen LogP contribution in [0.4, 0.5) is 0 Å². The summed E-state index contributed by atoms with van der Waals surface area (Å²) in [7, 11) is 1.43. The van der Waals surface area contributed by atoms with Crippen molar-refractivity contribution in [2.45, 2.75) is 18.2 Å². The van der Waals surface area contributed by atoms with Gasteiger partial charge < -0.3 is 4.42 Å². The molecule has 1 aromatic heterocycles. The van der Waals surface area contributed by atoms with Crippen molar-refractivity contribution in [2.24, 2.45) is 0 Å². The number of rotatable bonds is 2. The summed E-state index contributed by atoms with van der Waals surface area (Å²) < 4.78 is 5.13. The summed E-state index contributed by atoms with van der Waals surface area (Å²) in [6.07, 6.45) is 2.63. The second-order valence-corrected chi connectivity index (χ2v) is 2.82. The van der Waals surface area contributed by atoms with E-state index in [9.17, 15) is 0 Å². The van der Waals surface area contributed by atoms with Crippen LogP contribution < -0.4 is 0 Å². The number of aryl methyl sites for hydroxylation is 1. The van der Waals surface area contributed by atoms with Crippen LogP contribution in [0.5, 0.6) is 0 Å². The molecule has 1 aromatic rings. The minimum absolute atomic E-state index is 0.940. The maximum atomic E-state index is 5.13. The van der Waals surface area contributed by atoms with Gasteiger partial charge >= 0.3 is 0 Å². The Bertz CT molecular complexity index is 164. The Labute approximate surface area is 63.6 Å². The molecule has 9 heavy (non-hydrogen) atoms. The van der Waals surface area contributed by atoms with Gasteiger partial charge in [-0.3, -0.25) is 0 Å². The van der Waals surface area contributed by atoms with E-state index in [1.807, 2.05) is 6.07 Å². The van der Waals surface area contributed by atoms with Crippen LogP contribution in [0.25, 0.3) is 0 Å². The number of furan rings is 1. The van der Waals surface area contributed by atoms with Crippen molar-refractivity contribution in [1.29, 1.82) is 0 Å². The predicted molar refractivity (Wildman–Crippen MR) is 42.9 cm³/mol. The molecular weight excluding hydrogens is 152 g/mol. The highest BCUT2D eigenvalue weighted by Gasteiger charge is 2.00. The summed E-state index contributed by atoms with van der Waals surface area (Å²) in [6, 6.07) is 1.93. The second kappa shape index (κ2) is 3.22. The maximum Gasteiger partial charge on any atom is 0.117 e. The molecule has 1 rings (SSSR count). The third-order valence-electron chi connectivity index (χ3n) is 1.12. The fourth-order valence-electron chi connectivity index (χ4n) is 0.668. The zero-order chi connectivity index (χ0) is 6.69. The predicted octanol–water partition coefficient (Wildman–Crippen LogP) is 2.78. The molecule has 3 heteroatoms. The molecule has 0 radical (unpaired) electrons. The molecule has 50 valence electrons. The van der Waals surface area contributed by atoms with Gasteiger partial charge in [-0.05, 0) is 6.07 Å². The smallest absolute Gasteiger partial charge is 0.117 e. The molecule has 1 heterocycles. The molecule has 0 saturated carbocycles. The van der Waals surface area contributed by atoms with Gasteiger partial charge in [0.1, 0.15) is 5.76 Å². The maximum absolute atomic E-state index is 5.13. The first-order valence-electron chi connectivity index (χ1n) is 2.76. The fraction of sp³-hybridized carbons (Fsp3) is 0.333. The van der Waals surface area contributed by atoms with Gasteiger partial charge in [0.25, 0.3) is 0 Å². The summed E-state index contributed by atoms with van der Waals surface area (Å²) in [4.78, 5) is 1.13. The summed E-state index contributed by atoms with van der Waals surface area (Å²) >= 11 is 4.06. The Morgan fingerprint density at radius 3 is 3.00 bits per heavy atom. The SMILES string of the molecule is CCc1occc1SS. The summed E-state index contributed by atoms with van der Waals surface area (Å²) in [5.74, 6) is 1.02. The molecule has 0 spiro atoms. The topological polar surface area (TPSA) is 13.1 Å². The van der Waals surface area contributed by atoms with Gasteiger partial charge in [0.05, 0.1) is 11.2 Å². The fourth-order valence-corrected chi connectivity index (χ4v) is 1.57. The molecule has 0 aliphatic rings. The van der Waals surface area contributed by atoms with Crippen LogP contribution in [0.1, 0.15) is 12.7 Å². The lowest BCUT2D eigenvalue weighted by Gasteiger charge is -1.90. The normalized spacial score (nSPS) is 10.0. The van der Waals surface area contributed by atoms with E-state index in [4.69, 9.17) is 4.42 Å². The van der Waals surface area contributed by atoms with E-state index in [1.54, 1.807) is 6.26 Å². The first-order chi connectivity index (χ1) is 4.38. The highest BCUT2D eigenvalue weighted by molar-refractivity contribution is 8.68. The standard InChI is InChI=1S/C6H8OS2/c1-2-5-6(9-8)3-4-7-5/h3-4,8H,2H2,1H3. The van der Waals surface area contributed by atoms with Gasteiger partial charge in [-0.1, -0.05) is 17.7 Å². The van der Waals surface area contributed by atoms with E-state index in [1.165, 1.54) is 10.8 Å². The van der Waals surface area contributed by atoms with Gasteiger partial charge in [-0.25, -0.2) is 0 Å². The monoisotopic (exact) mass is 160 g/mol. The van der Waals surface area contributed by atoms with Crippen LogP contribution in [0, 0.1) is 0 Å². The van der Waals surface area contributed by atoms with Gasteiger partial charge in [0.2, 0.25) is 0 Å². The van der Waals surface area contributed by atoms with E-state index in [0.717, 1.165) is 17.1 Å². The minimum atomic E-state index is 0.940. The largest absolute Gasteiger partial charge is 0.468 e. The molecule has 0 aliphatic heterocycles. The van der Waals surface area contributed by atoms with Crippen molar-refractivity contribution in [1.82, 2.24) is 0 Å². The molecule has 1 nitrogen and oxygen atoms in total. The Balaban J connectivity index is 2.85. The molecule has 0 aromatic carbocycles. The van der Waals surface area contributed by atoms with Gasteiger partial charge in [-0.2, -0.15) is 0 Å². The Kier molecular flexibility index (Phi) is 2.54. The van der Waals surface area contributed by atoms with E-state index in [0.29, 0.717) is 0 Å². The molecule has 0 unspecified atom stereocenters. The highest BCUT2D eigenvalue weighted by atomic mass is 33.1. The van der Waals surface area contributed by atoms with Crippen molar-refractivity contribution < 1.29 is 4.42 Å². The van der Waals surface area contributed by atoms with Gasteiger partial charge in [0.15, 0.2) is 0 Å². The second-order valence-electron chi connectivity index (χ2n) is 1.65. The van der Waals surface area contributed by atoms with Crippen molar-refractivity contribution in [2.75, 3.05) is 0 Å². The van der Waals surface area contributed by atoms with Crippen LogP contribution in [0.3, 0.4) is 0 Å². The quantitative estimate of drug-likeness (QED) is 0.528. The molecule has 0 bridgehead atoms. The van der Waals surface area contributed by atoms with Crippen LogP contribution >= 0.6 is 22.5 Å². The lowest BCUT2D eigenvalue weighted by atomic mass is 10.4. The van der Waals surface area contributed by atoms with Crippen LogP contribution in [-0.4, -0.2) is 0 Å². The number of hydrogen-bond acceptors (Lipinski definition) is 3. The average molecular weight is 160 g/mol. The van der Waals surface area contributed by atoms with Gasteiger partial charge in [-0.15, -0.1) is 11.7 Å². The van der Waals surface area contributed by atoms with Crippen molar-refractivity contribution in [3.8, 4) is 0 Å². The molecule has 0 N–H and O–H groups in total. The third kappa shape index (κ3) is 1.46. The van der Waals surface area contributed by atoms with E-state index in [2.05, 4.69) is 18.6 Å². The minimum Gasteiger partial charge on any atom is -0.468 e. The zero-order valence-corrected chi connectivity index (χ0v) is 6.84. The Hall–Kier alpha value is -0.0200. The Morgan fingerprint density at radius 1 is 1.78 bits per heavy atom. The van der Waals surface area contributed by atoms with Crippen LogP contribution in [-0.2, 0) is 6.42 Å². The number of hydrogen-bond donors (Lipinski definition) is 1. The first kappa shape index (κ1) is 7.09. The lowest BCUT2D eigenvalue weighted by Crippen LogP contribution is -1.73.